The van der Waals surface area contributed by atoms with Crippen molar-refractivity contribution >= 4 is 40.4 Å². The normalized spacial score (nSPS) is 12.4. The molecule has 0 radical (unpaired) electrons. The third-order valence-electron chi connectivity index (χ3n) is 4.83. The van der Waals surface area contributed by atoms with Crippen LogP contribution in [0.5, 0.6) is 0 Å². The summed E-state index contributed by atoms with van der Waals surface area (Å²) < 4.78 is 46.2. The lowest BCUT2D eigenvalue weighted by atomic mass is 10.1. The first kappa shape index (κ1) is 25.4. The van der Waals surface area contributed by atoms with Crippen LogP contribution >= 0.6 is 23.4 Å². The maximum absolute atomic E-state index is 13.0. The van der Waals surface area contributed by atoms with Gasteiger partial charge in [0.2, 0.25) is 0 Å². The Morgan fingerprint density at radius 2 is 1.82 bits per heavy atom. The minimum absolute atomic E-state index is 0.102. The molecule has 0 N–H and O–H groups in total. The second-order valence-electron chi connectivity index (χ2n) is 8.77. The number of aromatic nitrogens is 3. The molecule has 2 aromatic heterocycles. The molecule has 3 rings (SSSR count). The van der Waals surface area contributed by atoms with Crippen molar-refractivity contribution in [2.45, 2.75) is 76.0 Å². The molecule has 0 aliphatic rings. The van der Waals surface area contributed by atoms with Crippen molar-refractivity contribution in [3.8, 4) is 0 Å². The molecular weight excluding hydrogens is 475 g/mol. The summed E-state index contributed by atoms with van der Waals surface area (Å²) in [6, 6.07) is 4.83. The molecule has 5 nitrogen and oxygen atoms in total. The molecule has 33 heavy (non-hydrogen) atoms. The van der Waals surface area contributed by atoms with Gasteiger partial charge >= 0.3 is 12.1 Å². The molecule has 0 saturated carbocycles. The zero-order valence-corrected chi connectivity index (χ0v) is 20.6. The molecule has 10 heteroatoms. The zero-order chi connectivity index (χ0) is 24.6. The smallest absolute Gasteiger partial charge is 0.417 e. The Bertz CT molecular complexity index is 1190. The molecule has 0 spiro atoms. The topological polar surface area (TPSA) is 57.0 Å². The Labute approximate surface area is 199 Å². The molecule has 0 bridgehead atoms. The van der Waals surface area contributed by atoms with Crippen molar-refractivity contribution in [2.24, 2.45) is 0 Å². The molecule has 0 unspecified atom stereocenters. The van der Waals surface area contributed by atoms with Crippen LogP contribution in [0, 0.1) is 13.8 Å². The third kappa shape index (κ3) is 6.41. The van der Waals surface area contributed by atoms with E-state index < -0.39 is 17.3 Å². The molecule has 1 aromatic carbocycles. The van der Waals surface area contributed by atoms with Gasteiger partial charge in [-0.3, -0.25) is 4.79 Å². The van der Waals surface area contributed by atoms with Gasteiger partial charge < -0.3 is 9.30 Å². The number of hydrogen-bond donors (Lipinski definition) is 0. The monoisotopic (exact) mass is 499 g/mol. The van der Waals surface area contributed by atoms with E-state index in [4.69, 9.17) is 16.3 Å². The van der Waals surface area contributed by atoms with E-state index in [-0.39, 0.29) is 22.4 Å². The number of nitrogens with zero attached hydrogens (tertiary/aromatic N) is 3. The van der Waals surface area contributed by atoms with Gasteiger partial charge in [0, 0.05) is 19.2 Å². The number of carbonyl (C=O) groups is 1. The van der Waals surface area contributed by atoms with E-state index in [9.17, 15) is 18.0 Å². The fourth-order valence-corrected chi connectivity index (χ4v) is 4.33. The van der Waals surface area contributed by atoms with E-state index in [1.165, 1.54) is 0 Å². The van der Waals surface area contributed by atoms with Gasteiger partial charge in [-0.15, -0.1) is 0 Å². The van der Waals surface area contributed by atoms with Gasteiger partial charge in [-0.1, -0.05) is 11.6 Å². The standard InChI is InChI=1S/C23H25ClF3N3O2S/c1-13-9-17-18(10-14(13)2)30(8-6-7-19(31)32-22(3,4)5)21(29-17)33-20-16(24)11-15(12-28-20)23(25,26)27/h9-12H,6-8H2,1-5H3. The lowest BCUT2D eigenvalue weighted by Crippen LogP contribution is -2.23. The molecule has 0 amide bonds. The number of esters is 1. The van der Waals surface area contributed by atoms with E-state index in [1.807, 2.05) is 51.3 Å². The van der Waals surface area contributed by atoms with Gasteiger partial charge in [-0.05, 0) is 82.1 Å². The number of imidazole rings is 1. The molecule has 0 aliphatic heterocycles. The summed E-state index contributed by atoms with van der Waals surface area (Å²) in [7, 11) is 0. The van der Waals surface area contributed by atoms with Gasteiger partial charge in [0.25, 0.3) is 0 Å². The van der Waals surface area contributed by atoms with Gasteiger partial charge in [-0.25, -0.2) is 9.97 Å². The Morgan fingerprint density at radius 3 is 2.42 bits per heavy atom. The van der Waals surface area contributed by atoms with Crippen molar-refractivity contribution in [1.82, 2.24) is 14.5 Å². The van der Waals surface area contributed by atoms with Crippen LogP contribution in [0.3, 0.4) is 0 Å². The van der Waals surface area contributed by atoms with Crippen LogP contribution in [0.25, 0.3) is 11.0 Å². The number of carbonyl (C=O) groups excluding carboxylic acids is 1. The highest BCUT2D eigenvalue weighted by molar-refractivity contribution is 7.99. The van der Waals surface area contributed by atoms with Gasteiger partial charge in [0.05, 0.1) is 21.6 Å². The van der Waals surface area contributed by atoms with E-state index in [0.29, 0.717) is 18.1 Å². The first-order chi connectivity index (χ1) is 15.2. The number of fused-ring (bicyclic) bond motifs is 1. The highest BCUT2D eigenvalue weighted by atomic mass is 35.5. The summed E-state index contributed by atoms with van der Waals surface area (Å²) in [5.74, 6) is -0.291. The second kappa shape index (κ2) is 9.54. The maximum Gasteiger partial charge on any atom is 0.417 e. The van der Waals surface area contributed by atoms with Crippen molar-refractivity contribution < 1.29 is 22.7 Å². The number of halogens is 4. The first-order valence-corrected chi connectivity index (χ1v) is 11.5. The number of ether oxygens (including phenoxy) is 1. The number of benzene rings is 1. The predicted molar refractivity (Wildman–Crippen MR) is 123 cm³/mol. The molecule has 178 valence electrons. The van der Waals surface area contributed by atoms with Gasteiger partial charge in [0.1, 0.15) is 10.6 Å². The van der Waals surface area contributed by atoms with Crippen LogP contribution in [0.15, 0.2) is 34.6 Å². The average molecular weight is 500 g/mol. The molecule has 0 saturated heterocycles. The van der Waals surface area contributed by atoms with E-state index in [2.05, 4.69) is 9.97 Å². The Morgan fingerprint density at radius 1 is 1.15 bits per heavy atom. The van der Waals surface area contributed by atoms with Crippen LogP contribution in [0.4, 0.5) is 13.2 Å². The van der Waals surface area contributed by atoms with Crippen LogP contribution in [0.2, 0.25) is 5.02 Å². The number of rotatable bonds is 6. The summed E-state index contributed by atoms with van der Waals surface area (Å²) in [4.78, 5) is 20.7. The summed E-state index contributed by atoms with van der Waals surface area (Å²) in [6.45, 7) is 9.89. The quantitative estimate of drug-likeness (QED) is 0.342. The second-order valence-corrected chi connectivity index (χ2v) is 10.1. The zero-order valence-electron chi connectivity index (χ0n) is 19.0. The van der Waals surface area contributed by atoms with E-state index in [0.717, 1.165) is 46.2 Å². The lowest BCUT2D eigenvalue weighted by Gasteiger charge is -2.19. The summed E-state index contributed by atoms with van der Waals surface area (Å²) in [6.07, 6.45) is -3.03. The van der Waals surface area contributed by atoms with Crippen LogP contribution in [0.1, 0.15) is 50.3 Å². The molecule has 3 aromatic rings. The highest BCUT2D eigenvalue weighted by Gasteiger charge is 2.32. The molecule has 0 fully saturated rings. The molecular formula is C23H25ClF3N3O2S. The van der Waals surface area contributed by atoms with Gasteiger partial charge in [0.15, 0.2) is 5.16 Å². The van der Waals surface area contributed by atoms with E-state index >= 15 is 0 Å². The highest BCUT2D eigenvalue weighted by Crippen LogP contribution is 2.37. The Kier molecular flexibility index (Phi) is 7.33. The number of pyridine rings is 1. The summed E-state index contributed by atoms with van der Waals surface area (Å²) in [5.41, 5.74) is 2.31. The number of alkyl halides is 3. The third-order valence-corrected chi connectivity index (χ3v) is 6.25. The summed E-state index contributed by atoms with van der Waals surface area (Å²) in [5, 5.41) is 0.657. The Balaban J connectivity index is 1.90. The minimum atomic E-state index is -4.52. The van der Waals surface area contributed by atoms with Gasteiger partial charge in [-0.2, -0.15) is 13.2 Å². The van der Waals surface area contributed by atoms with Crippen LogP contribution in [-0.2, 0) is 22.3 Å². The largest absolute Gasteiger partial charge is 0.460 e. The van der Waals surface area contributed by atoms with Crippen molar-refractivity contribution in [1.29, 1.82) is 0 Å². The maximum atomic E-state index is 13.0. The van der Waals surface area contributed by atoms with Crippen molar-refractivity contribution in [3.05, 3.63) is 46.1 Å². The van der Waals surface area contributed by atoms with Crippen LogP contribution in [-0.4, -0.2) is 26.1 Å². The predicted octanol–water partition coefficient (Wildman–Crippen LogP) is 6.99. The summed E-state index contributed by atoms with van der Waals surface area (Å²) >= 11 is 7.20. The SMILES string of the molecule is Cc1cc2nc(Sc3ncc(C(F)(F)F)cc3Cl)n(CCCC(=O)OC(C)(C)C)c2cc1C. The van der Waals surface area contributed by atoms with Crippen molar-refractivity contribution in [2.75, 3.05) is 0 Å². The minimum Gasteiger partial charge on any atom is -0.460 e. The Hall–Kier alpha value is -2.26. The lowest BCUT2D eigenvalue weighted by molar-refractivity contribution is -0.155. The van der Waals surface area contributed by atoms with Crippen LogP contribution < -0.4 is 0 Å². The molecule has 2 heterocycles. The van der Waals surface area contributed by atoms with E-state index in [1.54, 1.807) is 0 Å². The first-order valence-electron chi connectivity index (χ1n) is 10.3. The molecule has 0 aliphatic carbocycles. The fraction of sp³-hybridized carbons (Fsp3) is 0.435. The molecule has 0 atom stereocenters. The number of hydrogen-bond acceptors (Lipinski definition) is 5. The average Bonchev–Trinajstić information content (AvgIpc) is 2.98. The van der Waals surface area contributed by atoms with Crippen molar-refractivity contribution in [3.63, 3.8) is 0 Å². The fourth-order valence-electron chi connectivity index (χ4n) is 3.17. The number of aryl methyl sites for hydroxylation is 3.